The normalized spacial score (nSPS) is 19.1. The van der Waals surface area contributed by atoms with Crippen molar-refractivity contribution in [2.75, 3.05) is 11.4 Å². The highest BCUT2D eigenvalue weighted by molar-refractivity contribution is 9.10. The van der Waals surface area contributed by atoms with Gasteiger partial charge in [0.1, 0.15) is 5.25 Å². The van der Waals surface area contributed by atoms with Gasteiger partial charge in [-0.3, -0.25) is 4.79 Å². The van der Waals surface area contributed by atoms with Crippen LogP contribution in [-0.2, 0) is 15.0 Å². The Morgan fingerprint density at radius 3 is 2.57 bits per heavy atom. The molecule has 1 heterocycles. The summed E-state index contributed by atoms with van der Waals surface area (Å²) in [6.45, 7) is -0.449. The average molecular weight is 401 g/mol. The largest absolute Gasteiger partial charge is 0.478 e. The quantitative estimate of drug-likeness (QED) is 0.786. The van der Waals surface area contributed by atoms with E-state index in [-0.39, 0.29) is 16.3 Å². The number of halogens is 3. The summed E-state index contributed by atoms with van der Waals surface area (Å²) in [4.78, 5) is 24.0. The van der Waals surface area contributed by atoms with Gasteiger partial charge in [0.25, 0.3) is 0 Å². The van der Waals surface area contributed by atoms with Crippen molar-refractivity contribution < 1.29 is 27.0 Å². The van der Waals surface area contributed by atoms with Crippen LogP contribution in [-0.4, -0.2) is 37.2 Å². The first-order valence-corrected chi connectivity index (χ1v) is 8.19. The van der Waals surface area contributed by atoms with Crippen LogP contribution in [0.25, 0.3) is 0 Å². The second kappa shape index (κ2) is 5.54. The van der Waals surface area contributed by atoms with Gasteiger partial charge >= 0.3 is 16.2 Å². The highest BCUT2D eigenvalue weighted by Gasteiger charge is 2.40. The zero-order chi connectivity index (χ0) is 15.9. The third-order valence-electron chi connectivity index (χ3n) is 3.05. The molecule has 1 amide bonds. The van der Waals surface area contributed by atoms with Crippen molar-refractivity contribution in [3.63, 3.8) is 0 Å². The molecule has 1 aliphatic heterocycles. The fraction of sp³-hybridized carbons (Fsp3) is 0.273. The predicted molar refractivity (Wildman–Crippen MR) is 76.9 cm³/mol. The van der Waals surface area contributed by atoms with Gasteiger partial charge in [-0.15, -0.1) is 3.89 Å². The number of amides is 1. The number of nitrogens with zero attached hydrogens (tertiary/aromatic N) is 1. The number of carboxylic acid groups (broad SMARTS) is 1. The Balaban J connectivity index is 2.50. The molecule has 0 aliphatic carbocycles. The second-order valence-corrected chi connectivity index (χ2v) is 7.27. The number of carbonyl (C=O) groups excluding carboxylic acids is 1. The first kappa shape index (κ1) is 16.2. The van der Waals surface area contributed by atoms with Crippen LogP contribution in [0.3, 0.4) is 0 Å². The molecule has 21 heavy (non-hydrogen) atoms. The van der Waals surface area contributed by atoms with E-state index in [1.165, 1.54) is 12.1 Å². The SMILES string of the molecule is O=C(O)c1cc(Br)c(Cl)cc1N1CC(S(=O)(=O)F)CC1=O. The molecule has 1 N–H and O–H groups in total. The molecule has 1 aromatic rings. The maximum absolute atomic E-state index is 13.0. The summed E-state index contributed by atoms with van der Waals surface area (Å²) >= 11 is 8.93. The number of hydrogen-bond acceptors (Lipinski definition) is 4. The number of carbonyl (C=O) groups is 2. The maximum Gasteiger partial charge on any atom is 0.337 e. The molecule has 1 aliphatic rings. The van der Waals surface area contributed by atoms with E-state index in [4.69, 9.17) is 16.7 Å². The van der Waals surface area contributed by atoms with Gasteiger partial charge in [0.05, 0.1) is 16.3 Å². The molecular formula is C11H8BrClFNO5S. The van der Waals surface area contributed by atoms with Crippen molar-refractivity contribution >= 4 is 55.3 Å². The van der Waals surface area contributed by atoms with Gasteiger partial charge in [0.2, 0.25) is 5.91 Å². The van der Waals surface area contributed by atoms with Gasteiger partial charge in [-0.25, -0.2) is 4.79 Å². The van der Waals surface area contributed by atoms with E-state index in [2.05, 4.69) is 15.9 Å². The van der Waals surface area contributed by atoms with Gasteiger partial charge in [-0.2, -0.15) is 8.42 Å². The molecule has 1 saturated heterocycles. The summed E-state index contributed by atoms with van der Waals surface area (Å²) in [6, 6.07) is 2.42. The molecule has 0 aromatic heterocycles. The summed E-state index contributed by atoms with van der Waals surface area (Å²) in [7, 11) is -4.88. The van der Waals surface area contributed by atoms with E-state index in [1.807, 2.05) is 0 Å². The lowest BCUT2D eigenvalue weighted by Crippen LogP contribution is -2.28. The second-order valence-electron chi connectivity index (χ2n) is 4.39. The molecular weight excluding hydrogens is 393 g/mol. The maximum atomic E-state index is 13.0. The molecule has 0 saturated carbocycles. The van der Waals surface area contributed by atoms with Gasteiger partial charge in [0.15, 0.2) is 0 Å². The van der Waals surface area contributed by atoms with E-state index in [9.17, 15) is 21.9 Å². The molecule has 0 radical (unpaired) electrons. The van der Waals surface area contributed by atoms with E-state index in [1.54, 1.807) is 0 Å². The van der Waals surface area contributed by atoms with Crippen LogP contribution in [0.5, 0.6) is 0 Å². The Hall–Kier alpha value is -1.19. The molecule has 0 bridgehead atoms. The van der Waals surface area contributed by atoms with E-state index in [0.717, 1.165) is 4.90 Å². The Labute approximate surface area is 132 Å². The first-order chi connectivity index (χ1) is 9.61. The Morgan fingerprint density at radius 1 is 1.48 bits per heavy atom. The van der Waals surface area contributed by atoms with Crippen LogP contribution < -0.4 is 4.90 Å². The number of aromatic carboxylic acids is 1. The van der Waals surface area contributed by atoms with Gasteiger partial charge in [-0.05, 0) is 28.1 Å². The highest BCUT2D eigenvalue weighted by atomic mass is 79.9. The minimum atomic E-state index is -4.88. The third kappa shape index (κ3) is 3.19. The molecule has 2 rings (SSSR count). The molecule has 0 spiro atoms. The van der Waals surface area contributed by atoms with Gasteiger partial charge in [-0.1, -0.05) is 11.6 Å². The number of rotatable bonds is 3. The monoisotopic (exact) mass is 399 g/mol. The number of hydrogen-bond donors (Lipinski definition) is 1. The molecule has 114 valence electrons. The lowest BCUT2D eigenvalue weighted by molar-refractivity contribution is -0.117. The first-order valence-electron chi connectivity index (χ1n) is 5.57. The van der Waals surface area contributed by atoms with Gasteiger partial charge in [0, 0.05) is 17.4 Å². The van der Waals surface area contributed by atoms with E-state index >= 15 is 0 Å². The van der Waals surface area contributed by atoms with Crippen molar-refractivity contribution in [3.05, 3.63) is 27.2 Å². The Bertz CT molecular complexity index is 738. The topological polar surface area (TPSA) is 91.8 Å². The van der Waals surface area contributed by atoms with Gasteiger partial charge < -0.3 is 10.0 Å². The van der Waals surface area contributed by atoms with E-state index < -0.39 is 40.3 Å². The number of benzene rings is 1. The summed E-state index contributed by atoms with van der Waals surface area (Å²) in [5, 5.41) is 7.80. The van der Waals surface area contributed by atoms with Crippen molar-refractivity contribution in [2.45, 2.75) is 11.7 Å². The average Bonchev–Trinajstić information content (AvgIpc) is 2.74. The minimum absolute atomic E-state index is 0.0631. The number of carboxylic acids is 1. The standard InChI is InChI=1S/C11H8BrClFNO5S/c12-7-2-6(11(17)18)9(3-8(7)13)15-4-5(1-10(15)16)21(14,19)20/h2-3,5H,1,4H2,(H,17,18). The van der Waals surface area contributed by atoms with Crippen LogP contribution in [0, 0.1) is 0 Å². The van der Waals surface area contributed by atoms with Crippen LogP contribution >= 0.6 is 27.5 Å². The molecule has 6 nitrogen and oxygen atoms in total. The van der Waals surface area contributed by atoms with E-state index in [0.29, 0.717) is 4.47 Å². The van der Waals surface area contributed by atoms with Crippen molar-refractivity contribution in [2.24, 2.45) is 0 Å². The van der Waals surface area contributed by atoms with Crippen LogP contribution in [0.1, 0.15) is 16.8 Å². The summed E-state index contributed by atoms with van der Waals surface area (Å²) < 4.78 is 35.1. The van der Waals surface area contributed by atoms with Crippen molar-refractivity contribution in [3.8, 4) is 0 Å². The molecule has 1 unspecified atom stereocenters. The fourth-order valence-electron chi connectivity index (χ4n) is 2.03. The van der Waals surface area contributed by atoms with Crippen LogP contribution in [0.4, 0.5) is 9.57 Å². The molecule has 10 heteroatoms. The lowest BCUT2D eigenvalue weighted by Gasteiger charge is -2.19. The minimum Gasteiger partial charge on any atom is -0.478 e. The smallest absolute Gasteiger partial charge is 0.337 e. The summed E-state index contributed by atoms with van der Waals surface area (Å²) in [5.41, 5.74) is -0.302. The zero-order valence-electron chi connectivity index (χ0n) is 10.2. The summed E-state index contributed by atoms with van der Waals surface area (Å²) in [6.07, 6.45) is -0.536. The molecule has 1 atom stereocenters. The zero-order valence-corrected chi connectivity index (χ0v) is 13.4. The third-order valence-corrected chi connectivity index (χ3v) is 5.36. The van der Waals surface area contributed by atoms with Crippen LogP contribution in [0.2, 0.25) is 5.02 Å². The fourth-order valence-corrected chi connectivity index (χ4v) is 3.20. The predicted octanol–water partition coefficient (Wildman–Crippen LogP) is 2.21. The highest BCUT2D eigenvalue weighted by Crippen LogP contribution is 2.34. The Kier molecular flexibility index (Phi) is 4.27. The van der Waals surface area contributed by atoms with Crippen molar-refractivity contribution in [1.82, 2.24) is 0 Å². The van der Waals surface area contributed by atoms with Crippen molar-refractivity contribution in [1.29, 1.82) is 0 Å². The number of anilines is 1. The Morgan fingerprint density at radius 2 is 2.10 bits per heavy atom. The lowest BCUT2D eigenvalue weighted by atomic mass is 10.1. The molecule has 1 aromatic carbocycles. The summed E-state index contributed by atoms with van der Waals surface area (Å²) in [5.74, 6) is -2.00. The molecule has 1 fully saturated rings. The van der Waals surface area contributed by atoms with Crippen LogP contribution in [0.15, 0.2) is 16.6 Å².